The molecule has 11 heavy (non-hydrogen) atoms. The summed E-state index contributed by atoms with van der Waals surface area (Å²) in [4.78, 5) is 0. The lowest BCUT2D eigenvalue weighted by molar-refractivity contribution is 0.721. The van der Waals surface area contributed by atoms with E-state index in [1.54, 1.807) is 0 Å². The Morgan fingerprint density at radius 1 is 1.36 bits per heavy atom. The van der Waals surface area contributed by atoms with Gasteiger partial charge in [0.25, 0.3) is 0 Å². The molecule has 1 atom stereocenters. The fourth-order valence-electron chi connectivity index (χ4n) is 0.905. The zero-order valence-corrected chi connectivity index (χ0v) is 7.09. The van der Waals surface area contributed by atoms with Gasteiger partial charge < -0.3 is 0 Å². The molecule has 1 aromatic carbocycles. The van der Waals surface area contributed by atoms with Gasteiger partial charge in [-0.05, 0) is 5.56 Å². The maximum Gasteiger partial charge on any atom is 0.0405 e. The molecule has 0 fully saturated rings. The molecule has 0 bridgehead atoms. The third-order valence-electron chi connectivity index (χ3n) is 1.50. The molecular formula is C8H12N2S. The molecule has 0 aliphatic rings. The van der Waals surface area contributed by atoms with Gasteiger partial charge in [-0.3, -0.25) is 11.3 Å². The Hall–Kier alpha value is -0.510. The van der Waals surface area contributed by atoms with Gasteiger partial charge in [0.05, 0.1) is 0 Å². The first-order valence-electron chi connectivity index (χ1n) is 3.51. The lowest BCUT2D eigenvalue weighted by atomic mass is 10.1. The Labute approximate surface area is 72.2 Å². The van der Waals surface area contributed by atoms with Crippen LogP contribution in [0.4, 0.5) is 0 Å². The van der Waals surface area contributed by atoms with Crippen molar-refractivity contribution in [2.24, 2.45) is 5.84 Å². The minimum Gasteiger partial charge on any atom is -0.271 e. The first kappa shape index (κ1) is 8.59. The molecule has 0 aromatic heterocycles. The van der Waals surface area contributed by atoms with E-state index >= 15 is 0 Å². The Bertz CT molecular complexity index is 201. The summed E-state index contributed by atoms with van der Waals surface area (Å²) < 4.78 is 0. The van der Waals surface area contributed by atoms with Gasteiger partial charge in [-0.25, -0.2) is 0 Å². The van der Waals surface area contributed by atoms with Gasteiger partial charge >= 0.3 is 0 Å². The van der Waals surface area contributed by atoms with Gasteiger partial charge in [0.2, 0.25) is 0 Å². The summed E-state index contributed by atoms with van der Waals surface area (Å²) in [5, 5.41) is 0.182. The normalized spacial score (nSPS) is 12.9. The highest BCUT2D eigenvalue weighted by molar-refractivity contribution is 7.80. The van der Waals surface area contributed by atoms with Crippen LogP contribution in [0.2, 0.25) is 0 Å². The molecule has 0 heterocycles. The summed E-state index contributed by atoms with van der Waals surface area (Å²) in [7, 11) is 0. The lowest BCUT2D eigenvalue weighted by Crippen LogP contribution is -2.25. The van der Waals surface area contributed by atoms with Gasteiger partial charge in [0.15, 0.2) is 0 Å². The average molecular weight is 168 g/mol. The smallest absolute Gasteiger partial charge is 0.0405 e. The maximum atomic E-state index is 5.17. The van der Waals surface area contributed by atoms with Crippen LogP contribution in [0.15, 0.2) is 30.3 Å². The van der Waals surface area contributed by atoms with E-state index in [0.717, 1.165) is 0 Å². The third-order valence-corrected chi connectivity index (χ3v) is 1.98. The van der Waals surface area contributed by atoms with Crippen molar-refractivity contribution in [2.45, 2.75) is 5.25 Å². The van der Waals surface area contributed by atoms with Crippen LogP contribution in [-0.2, 0) is 0 Å². The molecule has 1 aromatic rings. The van der Waals surface area contributed by atoms with Crippen molar-refractivity contribution >= 4 is 12.6 Å². The number of hydrogen-bond acceptors (Lipinski definition) is 3. The highest BCUT2D eigenvalue weighted by Crippen LogP contribution is 2.17. The second-order valence-corrected chi connectivity index (χ2v) is 2.96. The monoisotopic (exact) mass is 168 g/mol. The van der Waals surface area contributed by atoms with Crippen molar-refractivity contribution in [3.05, 3.63) is 35.9 Å². The first-order chi connectivity index (χ1) is 5.34. The molecule has 3 heteroatoms. The number of thiol groups is 1. The Kier molecular flexibility index (Phi) is 3.42. The Balaban J connectivity index is 2.61. The molecule has 0 aliphatic carbocycles. The van der Waals surface area contributed by atoms with Gasteiger partial charge in [0.1, 0.15) is 0 Å². The van der Waals surface area contributed by atoms with E-state index in [1.165, 1.54) is 5.56 Å². The molecule has 1 rings (SSSR count). The molecule has 0 spiro atoms. The largest absolute Gasteiger partial charge is 0.271 e. The van der Waals surface area contributed by atoms with E-state index in [0.29, 0.717) is 6.54 Å². The van der Waals surface area contributed by atoms with Crippen molar-refractivity contribution in [3.63, 3.8) is 0 Å². The Morgan fingerprint density at radius 3 is 2.55 bits per heavy atom. The number of nitrogens with two attached hydrogens (primary N) is 1. The molecule has 60 valence electrons. The van der Waals surface area contributed by atoms with Gasteiger partial charge in [0, 0.05) is 11.8 Å². The van der Waals surface area contributed by atoms with E-state index < -0.39 is 0 Å². The molecule has 0 aliphatic heterocycles. The van der Waals surface area contributed by atoms with Crippen molar-refractivity contribution in [3.8, 4) is 0 Å². The van der Waals surface area contributed by atoms with Crippen molar-refractivity contribution in [1.82, 2.24) is 5.43 Å². The lowest BCUT2D eigenvalue weighted by Gasteiger charge is -2.08. The molecule has 3 N–H and O–H groups in total. The molecule has 1 unspecified atom stereocenters. The number of benzene rings is 1. The van der Waals surface area contributed by atoms with E-state index in [4.69, 9.17) is 5.84 Å². The summed E-state index contributed by atoms with van der Waals surface area (Å²) in [6.45, 7) is 0.688. The third kappa shape index (κ3) is 2.54. The zero-order valence-electron chi connectivity index (χ0n) is 6.20. The van der Waals surface area contributed by atoms with E-state index in [9.17, 15) is 0 Å². The van der Waals surface area contributed by atoms with Crippen LogP contribution < -0.4 is 11.3 Å². The van der Waals surface area contributed by atoms with Crippen LogP contribution in [0, 0.1) is 0 Å². The molecule has 0 saturated carbocycles. The number of rotatable bonds is 3. The molecule has 2 nitrogen and oxygen atoms in total. The number of hydrazine groups is 1. The predicted molar refractivity (Wildman–Crippen MR) is 50.4 cm³/mol. The van der Waals surface area contributed by atoms with Crippen LogP contribution in [0.1, 0.15) is 10.8 Å². The van der Waals surface area contributed by atoms with Crippen molar-refractivity contribution < 1.29 is 0 Å². The van der Waals surface area contributed by atoms with Crippen LogP contribution in [0.25, 0.3) is 0 Å². The van der Waals surface area contributed by atoms with Crippen LogP contribution >= 0.6 is 12.6 Å². The Morgan fingerprint density at radius 2 is 2.00 bits per heavy atom. The van der Waals surface area contributed by atoms with Crippen molar-refractivity contribution in [2.75, 3.05) is 6.54 Å². The summed E-state index contributed by atoms with van der Waals surface area (Å²) >= 11 is 4.36. The number of hydrogen-bond donors (Lipinski definition) is 3. The van der Waals surface area contributed by atoms with Crippen molar-refractivity contribution in [1.29, 1.82) is 0 Å². The molecular weight excluding hydrogens is 156 g/mol. The molecule has 0 amide bonds. The molecule has 0 radical (unpaired) electrons. The zero-order chi connectivity index (χ0) is 8.10. The van der Waals surface area contributed by atoms with Gasteiger partial charge in [-0.2, -0.15) is 12.6 Å². The van der Waals surface area contributed by atoms with Gasteiger partial charge in [-0.15, -0.1) is 0 Å². The van der Waals surface area contributed by atoms with Crippen LogP contribution in [0.3, 0.4) is 0 Å². The second kappa shape index (κ2) is 4.38. The van der Waals surface area contributed by atoms with Crippen LogP contribution in [-0.4, -0.2) is 6.54 Å². The summed E-state index contributed by atoms with van der Waals surface area (Å²) in [6.07, 6.45) is 0. The highest BCUT2D eigenvalue weighted by Gasteiger charge is 2.02. The maximum absolute atomic E-state index is 5.17. The van der Waals surface area contributed by atoms with E-state index in [-0.39, 0.29) is 5.25 Å². The topological polar surface area (TPSA) is 38.0 Å². The van der Waals surface area contributed by atoms with Crippen LogP contribution in [0.5, 0.6) is 0 Å². The molecule has 0 saturated heterocycles. The summed E-state index contributed by atoms with van der Waals surface area (Å²) in [6, 6.07) is 10.0. The average Bonchev–Trinajstić information content (AvgIpc) is 2.07. The standard InChI is InChI=1S/C8H12N2S/c9-10-6-8(11)7-4-2-1-3-5-7/h1-5,8,10-11H,6,9H2. The number of nitrogens with one attached hydrogen (secondary N) is 1. The minimum atomic E-state index is 0.182. The quantitative estimate of drug-likeness (QED) is 0.359. The fraction of sp³-hybridized carbons (Fsp3) is 0.250. The van der Waals surface area contributed by atoms with Gasteiger partial charge in [-0.1, -0.05) is 30.3 Å². The summed E-state index contributed by atoms with van der Waals surface area (Å²) in [5.41, 5.74) is 3.78. The predicted octanol–water partition coefficient (Wildman–Crippen LogP) is 1.12. The SMILES string of the molecule is NNCC(S)c1ccccc1. The second-order valence-electron chi connectivity index (χ2n) is 2.33. The fourth-order valence-corrected chi connectivity index (χ4v) is 1.18. The van der Waals surface area contributed by atoms with E-state index in [1.807, 2.05) is 30.3 Å². The first-order valence-corrected chi connectivity index (χ1v) is 4.02. The van der Waals surface area contributed by atoms with E-state index in [2.05, 4.69) is 18.1 Å². The highest BCUT2D eigenvalue weighted by atomic mass is 32.1. The summed E-state index contributed by atoms with van der Waals surface area (Å²) in [5.74, 6) is 5.17. The minimum absolute atomic E-state index is 0.182.